The average molecular weight is 234 g/mol. The van der Waals surface area contributed by atoms with Crippen LogP contribution in [0.4, 0.5) is 13.2 Å². The summed E-state index contributed by atoms with van der Waals surface area (Å²) in [5, 5.41) is 8.56. The van der Waals surface area contributed by atoms with E-state index in [1.165, 1.54) is 6.92 Å². The Morgan fingerprint density at radius 1 is 1.62 bits per heavy atom. The molecule has 0 radical (unpaired) electrons. The van der Waals surface area contributed by atoms with Crippen LogP contribution in [-0.2, 0) is 17.5 Å². The number of aliphatic carboxylic acids is 1. The first-order valence-electron chi connectivity index (χ1n) is 4.26. The van der Waals surface area contributed by atoms with Gasteiger partial charge in [-0.25, -0.2) is 4.98 Å². The van der Waals surface area contributed by atoms with Crippen LogP contribution in [0.1, 0.15) is 17.2 Å². The Hall–Kier alpha value is -1.79. The third-order valence-electron chi connectivity index (χ3n) is 1.95. The molecular weight excluding hydrogens is 225 g/mol. The minimum absolute atomic E-state index is 0.00961. The standard InChI is InChI=1S/C9H9F3N2O2/c1-3-6-8(9(10,11)12)13-5(2)14(6)4-7(15)16/h3H,1,4H2,2H3,(H,15,16). The van der Waals surface area contributed by atoms with Crippen LogP contribution in [0.3, 0.4) is 0 Å². The molecule has 1 heterocycles. The van der Waals surface area contributed by atoms with Crippen molar-refractivity contribution in [2.24, 2.45) is 0 Å². The first-order valence-corrected chi connectivity index (χ1v) is 4.26. The Morgan fingerprint density at radius 3 is 2.56 bits per heavy atom. The van der Waals surface area contributed by atoms with E-state index in [1.54, 1.807) is 0 Å². The second kappa shape index (κ2) is 3.99. The second-order valence-corrected chi connectivity index (χ2v) is 3.07. The van der Waals surface area contributed by atoms with Gasteiger partial charge in [0.2, 0.25) is 0 Å². The molecule has 88 valence electrons. The summed E-state index contributed by atoms with van der Waals surface area (Å²) in [4.78, 5) is 13.8. The lowest BCUT2D eigenvalue weighted by molar-refractivity contribution is -0.142. The zero-order valence-corrected chi connectivity index (χ0v) is 8.38. The molecule has 0 saturated carbocycles. The number of halogens is 3. The molecule has 0 aliphatic carbocycles. The number of imidazole rings is 1. The van der Waals surface area contributed by atoms with Gasteiger partial charge in [-0.3, -0.25) is 4.79 Å². The molecule has 1 aromatic heterocycles. The molecule has 0 aromatic carbocycles. The van der Waals surface area contributed by atoms with Gasteiger partial charge in [0, 0.05) is 0 Å². The van der Waals surface area contributed by atoms with E-state index in [4.69, 9.17) is 5.11 Å². The Morgan fingerprint density at radius 2 is 2.19 bits per heavy atom. The Kier molecular flexibility index (Phi) is 3.06. The van der Waals surface area contributed by atoms with Gasteiger partial charge in [0.25, 0.3) is 0 Å². The Balaban J connectivity index is 3.35. The highest BCUT2D eigenvalue weighted by Gasteiger charge is 2.37. The lowest BCUT2D eigenvalue weighted by Crippen LogP contribution is -2.13. The summed E-state index contributed by atoms with van der Waals surface area (Å²) in [5.74, 6) is -1.25. The Bertz CT molecular complexity index is 435. The molecule has 0 aliphatic rings. The molecule has 7 heteroatoms. The average Bonchev–Trinajstić information content (AvgIpc) is 2.42. The van der Waals surface area contributed by atoms with Gasteiger partial charge in [-0.05, 0) is 13.0 Å². The maximum absolute atomic E-state index is 12.5. The van der Waals surface area contributed by atoms with Crippen molar-refractivity contribution in [2.75, 3.05) is 0 Å². The number of carboxylic acid groups (broad SMARTS) is 1. The topological polar surface area (TPSA) is 55.1 Å². The highest BCUT2D eigenvalue weighted by atomic mass is 19.4. The summed E-state index contributed by atoms with van der Waals surface area (Å²) in [6.45, 7) is 3.97. The normalized spacial score (nSPS) is 11.5. The number of hydrogen-bond donors (Lipinski definition) is 1. The van der Waals surface area contributed by atoms with Gasteiger partial charge in [0.05, 0.1) is 5.69 Å². The molecule has 0 bridgehead atoms. The van der Waals surface area contributed by atoms with Crippen molar-refractivity contribution in [2.45, 2.75) is 19.6 Å². The van der Waals surface area contributed by atoms with E-state index in [9.17, 15) is 18.0 Å². The molecule has 0 unspecified atom stereocenters. The van der Waals surface area contributed by atoms with Crippen molar-refractivity contribution in [1.82, 2.24) is 9.55 Å². The van der Waals surface area contributed by atoms with Crippen molar-refractivity contribution < 1.29 is 23.1 Å². The van der Waals surface area contributed by atoms with Crippen LogP contribution < -0.4 is 0 Å². The SMILES string of the molecule is C=Cc1c(C(F)(F)F)nc(C)n1CC(=O)O. The fraction of sp³-hybridized carbons (Fsp3) is 0.333. The molecular formula is C9H9F3N2O2. The summed E-state index contributed by atoms with van der Waals surface area (Å²) >= 11 is 0. The molecule has 1 aromatic rings. The van der Waals surface area contributed by atoms with E-state index < -0.39 is 24.4 Å². The van der Waals surface area contributed by atoms with Gasteiger partial charge in [-0.1, -0.05) is 6.58 Å². The lowest BCUT2D eigenvalue weighted by atomic mass is 10.3. The zero-order valence-electron chi connectivity index (χ0n) is 8.38. The second-order valence-electron chi connectivity index (χ2n) is 3.07. The molecule has 1 N–H and O–H groups in total. The molecule has 0 atom stereocenters. The van der Waals surface area contributed by atoms with E-state index in [-0.39, 0.29) is 11.5 Å². The molecule has 16 heavy (non-hydrogen) atoms. The summed E-state index contributed by atoms with van der Waals surface area (Å²) in [6, 6.07) is 0. The van der Waals surface area contributed by atoms with Crippen LogP contribution in [0.15, 0.2) is 6.58 Å². The van der Waals surface area contributed by atoms with Crippen molar-refractivity contribution in [3.05, 3.63) is 23.8 Å². The first-order chi connectivity index (χ1) is 7.27. The third kappa shape index (κ3) is 2.23. The predicted octanol–water partition coefficient (Wildman–Crippen LogP) is 1.94. The van der Waals surface area contributed by atoms with Crippen molar-refractivity contribution in [1.29, 1.82) is 0 Å². The third-order valence-corrected chi connectivity index (χ3v) is 1.95. The number of aromatic nitrogens is 2. The maximum atomic E-state index is 12.5. The summed E-state index contributed by atoms with van der Waals surface area (Å²) in [7, 11) is 0. The minimum Gasteiger partial charge on any atom is -0.480 e. The lowest BCUT2D eigenvalue weighted by Gasteiger charge is -2.06. The van der Waals surface area contributed by atoms with E-state index >= 15 is 0 Å². The van der Waals surface area contributed by atoms with Crippen molar-refractivity contribution in [3.63, 3.8) is 0 Å². The van der Waals surface area contributed by atoms with Crippen molar-refractivity contribution in [3.8, 4) is 0 Å². The maximum Gasteiger partial charge on any atom is 0.435 e. The number of hydrogen-bond acceptors (Lipinski definition) is 2. The number of carboxylic acids is 1. The molecule has 0 saturated heterocycles. The van der Waals surface area contributed by atoms with Gasteiger partial charge in [0.15, 0.2) is 5.69 Å². The quantitative estimate of drug-likeness (QED) is 0.869. The van der Waals surface area contributed by atoms with Crippen LogP contribution in [0.25, 0.3) is 6.08 Å². The highest BCUT2D eigenvalue weighted by molar-refractivity contribution is 5.67. The highest BCUT2D eigenvalue weighted by Crippen LogP contribution is 2.32. The number of rotatable bonds is 3. The summed E-state index contributed by atoms with van der Waals surface area (Å²) in [5.41, 5.74) is -1.44. The van der Waals surface area contributed by atoms with Crippen LogP contribution in [0.5, 0.6) is 0 Å². The monoisotopic (exact) mass is 234 g/mol. The number of carbonyl (C=O) groups is 1. The molecule has 0 fully saturated rings. The van der Waals surface area contributed by atoms with Crippen LogP contribution in [-0.4, -0.2) is 20.6 Å². The fourth-order valence-electron chi connectivity index (χ4n) is 1.33. The van der Waals surface area contributed by atoms with E-state index in [0.29, 0.717) is 0 Å². The molecule has 4 nitrogen and oxygen atoms in total. The van der Waals surface area contributed by atoms with Gasteiger partial charge < -0.3 is 9.67 Å². The predicted molar refractivity (Wildman–Crippen MR) is 49.7 cm³/mol. The first kappa shape index (κ1) is 12.3. The van der Waals surface area contributed by atoms with Gasteiger partial charge in [-0.2, -0.15) is 13.2 Å². The van der Waals surface area contributed by atoms with Crippen LogP contribution in [0, 0.1) is 6.92 Å². The largest absolute Gasteiger partial charge is 0.480 e. The fourth-order valence-corrected chi connectivity index (χ4v) is 1.33. The van der Waals surface area contributed by atoms with E-state index in [0.717, 1.165) is 10.6 Å². The number of aryl methyl sites for hydroxylation is 1. The number of nitrogens with zero attached hydrogens (tertiary/aromatic N) is 2. The molecule has 1 rings (SSSR count). The number of alkyl halides is 3. The minimum atomic E-state index is -4.61. The van der Waals surface area contributed by atoms with Gasteiger partial charge >= 0.3 is 12.1 Å². The van der Waals surface area contributed by atoms with E-state index in [2.05, 4.69) is 11.6 Å². The smallest absolute Gasteiger partial charge is 0.435 e. The van der Waals surface area contributed by atoms with E-state index in [1.807, 2.05) is 0 Å². The molecule has 0 spiro atoms. The molecule has 0 aliphatic heterocycles. The van der Waals surface area contributed by atoms with Crippen molar-refractivity contribution >= 4 is 12.0 Å². The summed E-state index contributed by atoms with van der Waals surface area (Å²) < 4.78 is 38.4. The van der Waals surface area contributed by atoms with Crippen LogP contribution in [0.2, 0.25) is 0 Å². The molecule has 0 amide bonds. The van der Waals surface area contributed by atoms with Crippen LogP contribution >= 0.6 is 0 Å². The summed E-state index contributed by atoms with van der Waals surface area (Å²) in [6.07, 6.45) is -3.66. The zero-order chi connectivity index (χ0) is 12.5. The van der Waals surface area contributed by atoms with Gasteiger partial charge in [0.1, 0.15) is 12.4 Å². The Labute approximate surface area is 89.0 Å². The van der Waals surface area contributed by atoms with Gasteiger partial charge in [-0.15, -0.1) is 0 Å².